The number of rotatable bonds is 7. The molecule has 0 heterocycles. The third kappa shape index (κ3) is 6.06. The normalized spacial score (nSPS) is 10.1. The highest BCUT2D eigenvalue weighted by Crippen LogP contribution is 2.14. The van der Waals surface area contributed by atoms with Crippen LogP contribution in [-0.4, -0.2) is 42.0 Å². The number of benzene rings is 2. The third-order valence-electron chi connectivity index (χ3n) is 4.19. The molecule has 148 valence electrons. The van der Waals surface area contributed by atoms with Crippen LogP contribution in [-0.2, 0) is 11.2 Å². The van der Waals surface area contributed by atoms with Gasteiger partial charge in [0, 0.05) is 24.3 Å². The Morgan fingerprint density at radius 1 is 1.07 bits per heavy atom. The number of thiocarbonyl (C=S) groups is 1. The summed E-state index contributed by atoms with van der Waals surface area (Å²) in [5.74, 6) is 0.474. The van der Waals surface area contributed by atoms with Gasteiger partial charge >= 0.3 is 0 Å². The van der Waals surface area contributed by atoms with E-state index in [1.54, 1.807) is 48.4 Å². The van der Waals surface area contributed by atoms with Crippen LogP contribution in [0.5, 0.6) is 5.75 Å². The first-order valence-corrected chi connectivity index (χ1v) is 9.50. The molecule has 0 spiro atoms. The van der Waals surface area contributed by atoms with Crippen molar-refractivity contribution in [1.82, 2.24) is 10.2 Å². The van der Waals surface area contributed by atoms with E-state index < -0.39 is 0 Å². The molecule has 2 N–H and O–H groups in total. The van der Waals surface area contributed by atoms with Crippen molar-refractivity contribution in [3.8, 4) is 5.75 Å². The molecule has 0 unspecified atom stereocenters. The molecule has 28 heavy (non-hydrogen) atoms. The largest absolute Gasteiger partial charge is 0.497 e. The van der Waals surface area contributed by atoms with E-state index in [0.29, 0.717) is 24.3 Å². The number of hydrogen-bond acceptors (Lipinski definition) is 4. The van der Waals surface area contributed by atoms with Crippen molar-refractivity contribution in [2.24, 2.45) is 0 Å². The first-order valence-electron chi connectivity index (χ1n) is 9.09. The number of ether oxygens (including phenoxy) is 1. The van der Waals surface area contributed by atoms with Gasteiger partial charge < -0.3 is 20.3 Å². The lowest BCUT2D eigenvalue weighted by Gasteiger charge is -2.19. The van der Waals surface area contributed by atoms with Crippen LogP contribution < -0.4 is 15.4 Å². The topological polar surface area (TPSA) is 70.7 Å². The summed E-state index contributed by atoms with van der Waals surface area (Å²) < 4.78 is 5.10. The van der Waals surface area contributed by atoms with Crippen LogP contribution in [0.2, 0.25) is 0 Å². The molecule has 0 atom stereocenters. The summed E-state index contributed by atoms with van der Waals surface area (Å²) in [6, 6.07) is 14.3. The molecule has 2 amide bonds. The van der Waals surface area contributed by atoms with E-state index >= 15 is 0 Å². The van der Waals surface area contributed by atoms with Crippen LogP contribution in [0.25, 0.3) is 0 Å². The number of nitrogens with zero attached hydrogens (tertiary/aromatic N) is 1. The van der Waals surface area contributed by atoms with Gasteiger partial charge in [0.05, 0.1) is 13.5 Å². The van der Waals surface area contributed by atoms with Crippen molar-refractivity contribution < 1.29 is 14.3 Å². The van der Waals surface area contributed by atoms with Crippen molar-refractivity contribution in [2.75, 3.05) is 25.5 Å². The van der Waals surface area contributed by atoms with Gasteiger partial charge in [-0.1, -0.05) is 18.2 Å². The Labute approximate surface area is 170 Å². The molecule has 2 rings (SSSR count). The summed E-state index contributed by atoms with van der Waals surface area (Å²) >= 11 is 5.22. The fraction of sp³-hybridized carbons (Fsp3) is 0.286. The minimum atomic E-state index is -0.224. The highest BCUT2D eigenvalue weighted by Gasteiger charge is 2.13. The Morgan fingerprint density at radius 2 is 1.75 bits per heavy atom. The summed E-state index contributed by atoms with van der Waals surface area (Å²) in [6.45, 7) is 5.17. The fourth-order valence-corrected chi connectivity index (χ4v) is 2.92. The predicted octanol–water partition coefficient (Wildman–Crippen LogP) is 3.23. The average Bonchev–Trinajstić information content (AvgIpc) is 2.69. The van der Waals surface area contributed by atoms with Crippen LogP contribution >= 0.6 is 12.2 Å². The van der Waals surface area contributed by atoms with Crippen molar-refractivity contribution in [3.05, 3.63) is 59.7 Å². The molecule has 2 aromatic rings. The molecule has 0 aliphatic carbocycles. The van der Waals surface area contributed by atoms with Gasteiger partial charge in [-0.25, -0.2) is 0 Å². The molecule has 7 heteroatoms. The van der Waals surface area contributed by atoms with E-state index in [9.17, 15) is 9.59 Å². The lowest BCUT2D eigenvalue weighted by Crippen LogP contribution is -2.35. The lowest BCUT2D eigenvalue weighted by atomic mass is 10.1. The number of methoxy groups -OCH3 is 1. The van der Waals surface area contributed by atoms with Crippen molar-refractivity contribution >= 4 is 34.8 Å². The van der Waals surface area contributed by atoms with Crippen LogP contribution in [0.4, 0.5) is 5.69 Å². The summed E-state index contributed by atoms with van der Waals surface area (Å²) in [7, 11) is 1.59. The Kier molecular flexibility index (Phi) is 7.95. The zero-order valence-corrected chi connectivity index (χ0v) is 17.1. The number of hydrogen-bond donors (Lipinski definition) is 2. The Balaban J connectivity index is 1.94. The van der Waals surface area contributed by atoms with Gasteiger partial charge in [0.2, 0.25) is 5.91 Å². The number of carbonyl (C=O) groups excluding carboxylic acids is 2. The van der Waals surface area contributed by atoms with Gasteiger partial charge in [-0.15, -0.1) is 0 Å². The van der Waals surface area contributed by atoms with Crippen LogP contribution in [0, 0.1) is 0 Å². The molecule has 0 fully saturated rings. The van der Waals surface area contributed by atoms with Crippen molar-refractivity contribution in [1.29, 1.82) is 0 Å². The molecule has 0 radical (unpaired) electrons. The van der Waals surface area contributed by atoms with E-state index in [1.807, 2.05) is 26.0 Å². The summed E-state index contributed by atoms with van der Waals surface area (Å²) in [6.07, 6.45) is 0.201. The van der Waals surface area contributed by atoms with Crippen LogP contribution in [0.15, 0.2) is 48.5 Å². The van der Waals surface area contributed by atoms with E-state index in [2.05, 4.69) is 10.6 Å². The molecule has 6 nitrogen and oxygen atoms in total. The number of nitrogens with one attached hydrogen (secondary N) is 2. The predicted molar refractivity (Wildman–Crippen MR) is 115 cm³/mol. The zero-order valence-electron chi connectivity index (χ0n) is 16.3. The second kappa shape index (κ2) is 10.4. The van der Waals surface area contributed by atoms with Gasteiger partial charge in [0.15, 0.2) is 5.11 Å². The minimum absolute atomic E-state index is 0.0388. The van der Waals surface area contributed by atoms with Gasteiger partial charge in [0.25, 0.3) is 5.91 Å². The van der Waals surface area contributed by atoms with Crippen LogP contribution in [0.1, 0.15) is 29.8 Å². The smallest absolute Gasteiger partial charge is 0.253 e. The van der Waals surface area contributed by atoms with Crippen molar-refractivity contribution in [2.45, 2.75) is 20.3 Å². The van der Waals surface area contributed by atoms with E-state index in [0.717, 1.165) is 11.3 Å². The van der Waals surface area contributed by atoms with Crippen molar-refractivity contribution in [3.63, 3.8) is 0 Å². The summed E-state index contributed by atoms with van der Waals surface area (Å²) in [5.41, 5.74) is 2.07. The number of anilines is 1. The molecular formula is C21H25N3O3S. The second-order valence-corrected chi connectivity index (χ2v) is 6.49. The summed E-state index contributed by atoms with van der Waals surface area (Å²) in [4.78, 5) is 26.4. The Hall–Kier alpha value is -2.93. The highest BCUT2D eigenvalue weighted by molar-refractivity contribution is 7.80. The third-order valence-corrected chi connectivity index (χ3v) is 4.40. The first kappa shape index (κ1) is 21.4. The number of amides is 2. The maximum atomic E-state index is 12.5. The standard InChI is InChI=1S/C21H25N3O3S/c1-4-24(5-2)20(26)16-7-6-8-17(14-16)22-21(28)23-19(25)13-15-9-11-18(27-3)12-10-15/h6-12,14H,4-5,13H2,1-3H3,(H2,22,23,25,28). The molecule has 0 saturated carbocycles. The lowest BCUT2D eigenvalue weighted by molar-refractivity contribution is -0.119. The molecule has 0 aromatic heterocycles. The van der Waals surface area contributed by atoms with Gasteiger partial charge in [0.1, 0.15) is 5.75 Å². The maximum Gasteiger partial charge on any atom is 0.253 e. The molecule has 0 aliphatic heterocycles. The van der Waals surface area contributed by atoms with Gasteiger partial charge in [-0.3, -0.25) is 9.59 Å². The van der Waals surface area contributed by atoms with E-state index in [-0.39, 0.29) is 23.3 Å². The van der Waals surface area contributed by atoms with Gasteiger partial charge in [-0.2, -0.15) is 0 Å². The quantitative estimate of drug-likeness (QED) is 0.700. The molecule has 0 aliphatic rings. The fourth-order valence-electron chi connectivity index (χ4n) is 2.69. The second-order valence-electron chi connectivity index (χ2n) is 6.09. The van der Waals surface area contributed by atoms with E-state index in [1.165, 1.54) is 0 Å². The Morgan fingerprint density at radius 3 is 2.36 bits per heavy atom. The van der Waals surface area contributed by atoms with E-state index in [4.69, 9.17) is 17.0 Å². The van der Waals surface area contributed by atoms with Crippen LogP contribution in [0.3, 0.4) is 0 Å². The Bertz CT molecular complexity index is 833. The monoisotopic (exact) mass is 399 g/mol. The SMILES string of the molecule is CCN(CC)C(=O)c1cccc(NC(=S)NC(=O)Cc2ccc(OC)cc2)c1. The number of carbonyl (C=O) groups is 2. The average molecular weight is 400 g/mol. The molecular weight excluding hydrogens is 374 g/mol. The maximum absolute atomic E-state index is 12.5. The summed E-state index contributed by atoms with van der Waals surface area (Å²) in [5, 5.41) is 5.80. The van der Waals surface area contributed by atoms with Gasteiger partial charge in [-0.05, 0) is 62.0 Å². The minimum Gasteiger partial charge on any atom is -0.497 e. The molecule has 0 saturated heterocycles. The highest BCUT2D eigenvalue weighted by atomic mass is 32.1. The molecule has 2 aromatic carbocycles. The zero-order chi connectivity index (χ0) is 20.5. The molecule has 0 bridgehead atoms. The first-order chi connectivity index (χ1) is 13.5.